The zero-order valence-corrected chi connectivity index (χ0v) is 12.1. The van der Waals surface area contributed by atoms with Crippen molar-refractivity contribution in [3.63, 3.8) is 0 Å². The number of alkyl halides is 2. The van der Waals surface area contributed by atoms with Gasteiger partial charge in [0.2, 0.25) is 0 Å². The molecule has 0 amide bonds. The number of hydrogen-bond donors (Lipinski definition) is 1. The fourth-order valence-corrected chi connectivity index (χ4v) is 2.25. The van der Waals surface area contributed by atoms with Crippen molar-refractivity contribution in [2.24, 2.45) is 0 Å². The highest BCUT2D eigenvalue weighted by molar-refractivity contribution is 5.56. The van der Waals surface area contributed by atoms with Gasteiger partial charge in [0.05, 0.1) is 4.92 Å². The van der Waals surface area contributed by atoms with Gasteiger partial charge in [-0.2, -0.15) is 0 Å². The van der Waals surface area contributed by atoms with E-state index in [4.69, 9.17) is 0 Å². The van der Waals surface area contributed by atoms with Gasteiger partial charge in [-0.1, -0.05) is 0 Å². The first-order valence-electron chi connectivity index (χ1n) is 6.92. The topological polar surface area (TPSA) is 58.4 Å². The van der Waals surface area contributed by atoms with Crippen LogP contribution in [0.2, 0.25) is 0 Å². The Balaban J connectivity index is 2.06. The molecule has 1 aromatic rings. The van der Waals surface area contributed by atoms with Crippen LogP contribution in [0.15, 0.2) is 18.2 Å². The second-order valence-corrected chi connectivity index (χ2v) is 5.46. The molecule has 0 spiro atoms. The van der Waals surface area contributed by atoms with Crippen molar-refractivity contribution in [2.45, 2.75) is 38.3 Å². The Morgan fingerprint density at radius 1 is 1.48 bits per heavy atom. The second-order valence-electron chi connectivity index (χ2n) is 5.46. The quantitative estimate of drug-likeness (QED) is 0.619. The molecule has 1 aromatic carbocycles. The first kappa shape index (κ1) is 15.6. The predicted molar refractivity (Wildman–Crippen MR) is 76.8 cm³/mol. The molecule has 1 fully saturated rings. The van der Waals surface area contributed by atoms with Crippen molar-refractivity contribution < 1.29 is 13.7 Å². The maximum Gasteiger partial charge on any atom is 0.270 e. The third-order valence-corrected chi connectivity index (χ3v) is 3.89. The highest BCUT2D eigenvalue weighted by Gasteiger charge is 2.29. The summed E-state index contributed by atoms with van der Waals surface area (Å²) in [6.45, 7) is 2.54. The van der Waals surface area contributed by atoms with Crippen molar-refractivity contribution in [1.29, 1.82) is 0 Å². The van der Waals surface area contributed by atoms with Crippen molar-refractivity contribution in [2.75, 3.05) is 18.9 Å². The molecule has 21 heavy (non-hydrogen) atoms. The molecule has 1 N–H and O–H groups in total. The average molecular weight is 299 g/mol. The first-order valence-corrected chi connectivity index (χ1v) is 6.92. The number of halogens is 2. The third-order valence-electron chi connectivity index (χ3n) is 3.89. The Morgan fingerprint density at radius 2 is 2.14 bits per heavy atom. The van der Waals surface area contributed by atoms with Gasteiger partial charge in [0.1, 0.15) is 0 Å². The van der Waals surface area contributed by atoms with E-state index in [1.807, 2.05) is 14.0 Å². The maximum absolute atomic E-state index is 13.0. The molecule has 1 unspecified atom stereocenters. The summed E-state index contributed by atoms with van der Waals surface area (Å²) < 4.78 is 26.0. The Bertz CT molecular complexity index is 521. The third kappa shape index (κ3) is 3.87. The molecule has 0 aliphatic heterocycles. The van der Waals surface area contributed by atoms with E-state index in [9.17, 15) is 18.9 Å². The summed E-state index contributed by atoms with van der Waals surface area (Å²) in [5.41, 5.74) is -0.392. The van der Waals surface area contributed by atoms with Crippen LogP contribution in [0.25, 0.3) is 0 Å². The molecule has 0 aromatic heterocycles. The summed E-state index contributed by atoms with van der Waals surface area (Å²) in [7, 11) is 2.02. The average Bonchev–Trinajstić information content (AvgIpc) is 3.27. The molecule has 1 saturated carbocycles. The molecule has 1 atom stereocenters. The minimum absolute atomic E-state index is 0.207. The van der Waals surface area contributed by atoms with E-state index in [-0.39, 0.29) is 23.0 Å². The lowest BCUT2D eigenvalue weighted by molar-refractivity contribution is -0.385. The molecule has 0 heterocycles. The zero-order valence-electron chi connectivity index (χ0n) is 12.1. The number of benzene rings is 1. The fourth-order valence-electron chi connectivity index (χ4n) is 2.25. The number of rotatable bonds is 7. The van der Waals surface area contributed by atoms with E-state index >= 15 is 0 Å². The number of hydrogen-bond acceptors (Lipinski definition) is 4. The van der Waals surface area contributed by atoms with Gasteiger partial charge in [-0.05, 0) is 32.9 Å². The molecule has 5 nitrogen and oxygen atoms in total. The minimum Gasteiger partial charge on any atom is -0.383 e. The number of anilines is 1. The minimum atomic E-state index is -2.75. The molecule has 0 radical (unpaired) electrons. The standard InChI is InChI=1S/C14H19F2N3O2/c1-9(18(2)10-3-4-10)8-17-13-6-5-11(19(20)21)7-12(13)14(15)16/h5-7,9-10,14,17H,3-4,8H2,1-2H3. The van der Waals surface area contributed by atoms with Crippen molar-refractivity contribution in [1.82, 2.24) is 4.90 Å². The summed E-state index contributed by atoms with van der Waals surface area (Å²) in [6, 6.07) is 4.32. The molecule has 1 aliphatic carbocycles. The lowest BCUT2D eigenvalue weighted by Crippen LogP contribution is -2.36. The van der Waals surface area contributed by atoms with Crippen molar-refractivity contribution in [3.8, 4) is 0 Å². The highest BCUT2D eigenvalue weighted by Crippen LogP contribution is 2.31. The van der Waals surface area contributed by atoms with Crippen LogP contribution < -0.4 is 5.32 Å². The first-order chi connectivity index (χ1) is 9.90. The summed E-state index contributed by atoms with van der Waals surface area (Å²) in [6.07, 6.45) is -0.384. The van der Waals surface area contributed by atoms with Crippen LogP contribution in [0.4, 0.5) is 20.2 Å². The fraction of sp³-hybridized carbons (Fsp3) is 0.571. The van der Waals surface area contributed by atoms with E-state index < -0.39 is 11.3 Å². The monoisotopic (exact) mass is 299 g/mol. The van der Waals surface area contributed by atoms with E-state index in [0.29, 0.717) is 12.6 Å². The Labute approximate surface area is 122 Å². The number of non-ortho nitro benzene ring substituents is 1. The van der Waals surface area contributed by atoms with Gasteiger partial charge in [0.15, 0.2) is 0 Å². The number of nitro groups is 1. The summed E-state index contributed by atoms with van der Waals surface area (Å²) in [5.74, 6) is 0. The summed E-state index contributed by atoms with van der Waals surface area (Å²) >= 11 is 0. The molecule has 2 rings (SSSR count). The SMILES string of the molecule is CC(CNc1ccc([N+](=O)[O-])cc1C(F)F)N(C)C1CC1. The number of nitrogens with one attached hydrogen (secondary N) is 1. The smallest absolute Gasteiger partial charge is 0.270 e. The maximum atomic E-state index is 13.0. The van der Waals surface area contributed by atoms with Gasteiger partial charge in [-0.25, -0.2) is 8.78 Å². The molecule has 7 heteroatoms. The van der Waals surface area contributed by atoms with Gasteiger partial charge in [-0.3, -0.25) is 15.0 Å². The zero-order chi connectivity index (χ0) is 15.6. The number of likely N-dealkylation sites (N-methyl/N-ethyl adjacent to an activating group) is 1. The second kappa shape index (κ2) is 6.34. The van der Waals surface area contributed by atoms with Gasteiger partial charge in [0.25, 0.3) is 12.1 Å². The van der Waals surface area contributed by atoms with Crippen LogP contribution in [0, 0.1) is 10.1 Å². The number of nitrogens with zero attached hydrogens (tertiary/aromatic N) is 2. The van der Waals surface area contributed by atoms with Crippen LogP contribution in [0.5, 0.6) is 0 Å². The van der Waals surface area contributed by atoms with Gasteiger partial charge >= 0.3 is 0 Å². The van der Waals surface area contributed by atoms with Crippen LogP contribution in [-0.4, -0.2) is 35.5 Å². The predicted octanol–water partition coefficient (Wildman–Crippen LogP) is 3.43. The Kier molecular flexibility index (Phi) is 4.72. The molecule has 116 valence electrons. The van der Waals surface area contributed by atoms with Crippen LogP contribution in [0.3, 0.4) is 0 Å². The molecular formula is C14H19F2N3O2. The summed E-state index contributed by atoms with van der Waals surface area (Å²) in [5, 5.41) is 13.6. The Morgan fingerprint density at radius 3 is 2.67 bits per heavy atom. The molecular weight excluding hydrogens is 280 g/mol. The highest BCUT2D eigenvalue weighted by atomic mass is 19.3. The van der Waals surface area contributed by atoms with E-state index in [2.05, 4.69) is 10.2 Å². The molecule has 0 saturated heterocycles. The van der Waals surface area contributed by atoms with Crippen LogP contribution in [-0.2, 0) is 0 Å². The lowest BCUT2D eigenvalue weighted by atomic mass is 10.1. The molecule has 1 aliphatic rings. The van der Waals surface area contributed by atoms with E-state index in [1.54, 1.807) is 0 Å². The van der Waals surface area contributed by atoms with Gasteiger partial charge < -0.3 is 5.32 Å². The normalized spacial score (nSPS) is 16.3. The Hall–Kier alpha value is -1.76. The molecule has 0 bridgehead atoms. The van der Waals surface area contributed by atoms with Crippen LogP contribution in [0.1, 0.15) is 31.8 Å². The largest absolute Gasteiger partial charge is 0.383 e. The summed E-state index contributed by atoms with van der Waals surface area (Å²) in [4.78, 5) is 12.2. The van der Waals surface area contributed by atoms with Crippen molar-refractivity contribution >= 4 is 11.4 Å². The lowest BCUT2D eigenvalue weighted by Gasteiger charge is -2.25. The number of nitro benzene ring substituents is 1. The van der Waals surface area contributed by atoms with E-state index in [1.165, 1.54) is 25.0 Å². The van der Waals surface area contributed by atoms with Gasteiger partial charge in [0, 0.05) is 42.0 Å². The van der Waals surface area contributed by atoms with Crippen LogP contribution >= 0.6 is 0 Å². The van der Waals surface area contributed by atoms with E-state index in [0.717, 1.165) is 6.07 Å². The van der Waals surface area contributed by atoms with Crippen molar-refractivity contribution in [3.05, 3.63) is 33.9 Å². The van der Waals surface area contributed by atoms with Gasteiger partial charge in [-0.15, -0.1) is 0 Å².